The summed E-state index contributed by atoms with van der Waals surface area (Å²) in [5, 5.41) is 0. The van der Waals surface area contributed by atoms with E-state index in [1.807, 2.05) is 0 Å². The molecule has 74 valence electrons. The van der Waals surface area contributed by atoms with E-state index in [0.29, 0.717) is 0 Å². The van der Waals surface area contributed by atoms with E-state index in [9.17, 15) is 9.59 Å². The normalized spacial score (nSPS) is 9.21. The van der Waals surface area contributed by atoms with Crippen molar-refractivity contribution in [2.24, 2.45) is 0 Å². The van der Waals surface area contributed by atoms with Gasteiger partial charge in [0.05, 0.1) is 0 Å². The molecular formula is C7H7ClN4O2. The predicted molar refractivity (Wildman–Crippen MR) is 48.4 cm³/mol. The van der Waals surface area contributed by atoms with Gasteiger partial charge in [0.2, 0.25) is 5.82 Å². The molecule has 0 aliphatic heterocycles. The number of hydrogen-bond donors (Lipinski definition) is 2. The zero-order valence-corrected chi connectivity index (χ0v) is 7.78. The van der Waals surface area contributed by atoms with Crippen molar-refractivity contribution in [3.05, 3.63) is 24.3 Å². The minimum Gasteiger partial charge on any atom is -0.272 e. The van der Waals surface area contributed by atoms with Crippen LogP contribution in [0.15, 0.2) is 18.5 Å². The van der Waals surface area contributed by atoms with Crippen LogP contribution < -0.4 is 10.9 Å². The van der Waals surface area contributed by atoms with Crippen LogP contribution in [-0.2, 0) is 4.79 Å². The largest absolute Gasteiger partial charge is 0.307 e. The van der Waals surface area contributed by atoms with Gasteiger partial charge in [0.25, 0.3) is 5.91 Å². The molecule has 6 nitrogen and oxygen atoms in total. The monoisotopic (exact) mass is 214 g/mol. The SMILES string of the molecule is O=C(CCl)NNC(=O)c1ncccn1. The highest BCUT2D eigenvalue weighted by atomic mass is 35.5. The number of halogens is 1. The van der Waals surface area contributed by atoms with Crippen molar-refractivity contribution in [1.82, 2.24) is 20.8 Å². The van der Waals surface area contributed by atoms with Crippen molar-refractivity contribution >= 4 is 23.4 Å². The van der Waals surface area contributed by atoms with Crippen molar-refractivity contribution < 1.29 is 9.59 Å². The second-order valence-electron chi connectivity index (χ2n) is 2.21. The number of carbonyl (C=O) groups is 2. The van der Waals surface area contributed by atoms with Gasteiger partial charge in [-0.05, 0) is 6.07 Å². The van der Waals surface area contributed by atoms with Gasteiger partial charge >= 0.3 is 5.91 Å². The molecule has 0 saturated heterocycles. The summed E-state index contributed by atoms with van der Waals surface area (Å²) in [6.07, 6.45) is 2.84. The Hall–Kier alpha value is -1.69. The molecule has 1 aromatic rings. The molecule has 0 fully saturated rings. The number of hydrogen-bond acceptors (Lipinski definition) is 4. The maximum Gasteiger partial charge on any atom is 0.307 e. The van der Waals surface area contributed by atoms with Crippen LogP contribution in [-0.4, -0.2) is 27.7 Å². The minimum atomic E-state index is -0.593. The standard InChI is InChI=1S/C7H7ClN4O2/c8-4-5(13)11-12-7(14)6-9-2-1-3-10-6/h1-3H,4H2,(H,11,13)(H,12,14). The summed E-state index contributed by atoms with van der Waals surface area (Å²) in [6.45, 7) is 0. The molecule has 1 heterocycles. The average Bonchev–Trinajstić information content (AvgIpc) is 2.26. The van der Waals surface area contributed by atoms with Gasteiger partial charge in [0.1, 0.15) is 5.88 Å². The molecule has 7 heteroatoms. The highest BCUT2D eigenvalue weighted by Crippen LogP contribution is 1.85. The van der Waals surface area contributed by atoms with Crippen molar-refractivity contribution in [3.63, 3.8) is 0 Å². The second kappa shape index (κ2) is 5.13. The second-order valence-corrected chi connectivity index (χ2v) is 2.48. The van der Waals surface area contributed by atoms with Crippen molar-refractivity contribution in [2.45, 2.75) is 0 Å². The van der Waals surface area contributed by atoms with Crippen LogP contribution in [0.4, 0.5) is 0 Å². The summed E-state index contributed by atoms with van der Waals surface area (Å²) in [4.78, 5) is 29.2. The molecule has 1 aromatic heterocycles. The fourth-order valence-corrected chi connectivity index (χ4v) is 0.699. The Morgan fingerprint density at radius 1 is 1.29 bits per heavy atom. The highest BCUT2D eigenvalue weighted by Gasteiger charge is 2.07. The molecule has 0 aliphatic carbocycles. The summed E-state index contributed by atoms with van der Waals surface area (Å²) >= 11 is 5.19. The molecule has 0 saturated carbocycles. The fraction of sp³-hybridized carbons (Fsp3) is 0.143. The molecule has 1 rings (SSSR count). The molecule has 0 aromatic carbocycles. The average molecular weight is 215 g/mol. The van der Waals surface area contributed by atoms with Crippen molar-refractivity contribution in [3.8, 4) is 0 Å². The molecule has 0 radical (unpaired) electrons. The number of amides is 2. The molecular weight excluding hydrogens is 208 g/mol. The Morgan fingerprint density at radius 2 is 1.93 bits per heavy atom. The van der Waals surface area contributed by atoms with Crippen molar-refractivity contribution in [1.29, 1.82) is 0 Å². The zero-order valence-electron chi connectivity index (χ0n) is 7.03. The lowest BCUT2D eigenvalue weighted by molar-refractivity contribution is -0.119. The predicted octanol–water partition coefficient (Wildman–Crippen LogP) is -0.524. The summed E-state index contributed by atoms with van der Waals surface area (Å²) in [5.41, 5.74) is 4.18. The number of carbonyl (C=O) groups excluding carboxylic acids is 2. The van der Waals surface area contributed by atoms with Crippen LogP contribution in [0, 0.1) is 0 Å². The first-order valence-electron chi connectivity index (χ1n) is 3.66. The first-order valence-corrected chi connectivity index (χ1v) is 4.19. The number of nitrogens with zero attached hydrogens (tertiary/aromatic N) is 2. The van der Waals surface area contributed by atoms with Crippen LogP contribution in [0.2, 0.25) is 0 Å². The lowest BCUT2D eigenvalue weighted by Crippen LogP contribution is -2.42. The zero-order chi connectivity index (χ0) is 10.4. The summed E-state index contributed by atoms with van der Waals surface area (Å²) in [6, 6.07) is 1.58. The minimum absolute atomic E-state index is 0.0256. The number of nitrogens with one attached hydrogen (secondary N) is 2. The number of aromatic nitrogens is 2. The van der Waals surface area contributed by atoms with E-state index in [4.69, 9.17) is 11.6 Å². The molecule has 0 aliphatic rings. The van der Waals surface area contributed by atoms with Crippen LogP contribution >= 0.6 is 11.6 Å². The van der Waals surface area contributed by atoms with Gasteiger partial charge in [0.15, 0.2) is 0 Å². The van der Waals surface area contributed by atoms with E-state index in [0.717, 1.165) is 0 Å². The number of alkyl halides is 1. The Kier molecular flexibility index (Phi) is 3.81. The number of rotatable bonds is 2. The third kappa shape index (κ3) is 2.98. The van der Waals surface area contributed by atoms with E-state index >= 15 is 0 Å². The highest BCUT2D eigenvalue weighted by molar-refractivity contribution is 6.27. The molecule has 0 bridgehead atoms. The van der Waals surface area contributed by atoms with Crippen LogP contribution in [0.5, 0.6) is 0 Å². The maximum absolute atomic E-state index is 11.2. The Bertz CT molecular complexity index is 330. The third-order valence-corrected chi connectivity index (χ3v) is 1.45. The summed E-state index contributed by atoms with van der Waals surface area (Å²) in [7, 11) is 0. The van der Waals surface area contributed by atoms with Gasteiger partial charge in [0, 0.05) is 12.4 Å². The van der Waals surface area contributed by atoms with E-state index in [-0.39, 0.29) is 11.7 Å². The first kappa shape index (κ1) is 10.4. The molecule has 0 spiro atoms. The Balaban J connectivity index is 2.48. The van der Waals surface area contributed by atoms with E-state index in [1.54, 1.807) is 6.07 Å². The maximum atomic E-state index is 11.2. The summed E-state index contributed by atoms with van der Waals surface area (Å²) < 4.78 is 0. The molecule has 14 heavy (non-hydrogen) atoms. The lowest BCUT2D eigenvalue weighted by atomic mass is 10.5. The smallest absolute Gasteiger partial charge is 0.272 e. The van der Waals surface area contributed by atoms with Gasteiger partial charge in [-0.1, -0.05) is 0 Å². The first-order chi connectivity index (χ1) is 6.74. The fourth-order valence-electron chi connectivity index (χ4n) is 0.632. The van der Waals surface area contributed by atoms with E-state index in [1.165, 1.54) is 12.4 Å². The molecule has 0 unspecified atom stereocenters. The van der Waals surface area contributed by atoms with E-state index < -0.39 is 11.8 Å². The Labute approximate surface area is 84.7 Å². The van der Waals surface area contributed by atoms with Gasteiger partial charge in [-0.15, -0.1) is 11.6 Å². The molecule has 0 atom stereocenters. The van der Waals surface area contributed by atoms with Gasteiger partial charge in [-0.2, -0.15) is 0 Å². The van der Waals surface area contributed by atoms with Crippen LogP contribution in [0.1, 0.15) is 10.6 Å². The lowest BCUT2D eigenvalue weighted by Gasteiger charge is -2.03. The molecule has 2 N–H and O–H groups in total. The molecule has 2 amide bonds. The van der Waals surface area contributed by atoms with Crippen molar-refractivity contribution in [2.75, 3.05) is 5.88 Å². The summed E-state index contributed by atoms with van der Waals surface area (Å²) in [5.74, 6) is -1.35. The third-order valence-electron chi connectivity index (χ3n) is 1.21. The Morgan fingerprint density at radius 3 is 2.50 bits per heavy atom. The quantitative estimate of drug-likeness (QED) is 0.512. The number of hydrazine groups is 1. The topological polar surface area (TPSA) is 84.0 Å². The van der Waals surface area contributed by atoms with Crippen LogP contribution in [0.3, 0.4) is 0 Å². The van der Waals surface area contributed by atoms with Gasteiger partial charge in [-0.3, -0.25) is 20.4 Å². The van der Waals surface area contributed by atoms with Gasteiger partial charge in [-0.25, -0.2) is 9.97 Å². The van der Waals surface area contributed by atoms with E-state index in [2.05, 4.69) is 20.8 Å². The van der Waals surface area contributed by atoms with Gasteiger partial charge < -0.3 is 0 Å². The van der Waals surface area contributed by atoms with Crippen LogP contribution in [0.25, 0.3) is 0 Å².